The third-order valence-electron chi connectivity index (χ3n) is 3.42. The van der Waals surface area contributed by atoms with Crippen molar-refractivity contribution in [1.82, 2.24) is 5.32 Å². The Kier molecular flexibility index (Phi) is 4.46. The molecule has 1 aromatic carbocycles. The average Bonchev–Trinajstić information content (AvgIpc) is 2.40. The maximum Gasteiger partial charge on any atom is 0.252 e. The number of thioether (sulfide) groups is 1. The highest BCUT2D eigenvalue weighted by Crippen LogP contribution is 2.32. The Bertz CT molecular complexity index is 501. The van der Waals surface area contributed by atoms with Crippen LogP contribution in [-0.2, 0) is 0 Å². The summed E-state index contributed by atoms with van der Waals surface area (Å²) in [5.74, 6) is 0.143. The molecule has 5 heteroatoms. The summed E-state index contributed by atoms with van der Waals surface area (Å²) in [6.45, 7) is -0.0216. The molecule has 0 heterocycles. The summed E-state index contributed by atoms with van der Waals surface area (Å²) in [4.78, 5) is 13.1. The second-order valence-corrected chi connectivity index (χ2v) is 5.71. The van der Waals surface area contributed by atoms with E-state index in [4.69, 9.17) is 5.26 Å². The van der Waals surface area contributed by atoms with Gasteiger partial charge in [0, 0.05) is 4.90 Å². The van der Waals surface area contributed by atoms with Gasteiger partial charge in [-0.3, -0.25) is 4.79 Å². The number of nitrogens with zero attached hydrogens (tertiary/aromatic N) is 1. The van der Waals surface area contributed by atoms with Crippen molar-refractivity contribution in [3.8, 4) is 6.07 Å². The summed E-state index contributed by atoms with van der Waals surface area (Å²) in [5, 5.41) is 20.9. The molecular formula is C14H16N2O2S. The van der Waals surface area contributed by atoms with Gasteiger partial charge in [-0.15, -0.1) is 11.8 Å². The Hall–Kier alpha value is -1.51. The number of aliphatic hydroxyl groups is 1. The van der Waals surface area contributed by atoms with Gasteiger partial charge in [0.25, 0.3) is 5.91 Å². The molecule has 1 fully saturated rings. The normalized spacial score (nSPS) is 16.2. The van der Waals surface area contributed by atoms with Gasteiger partial charge in [0.05, 0.1) is 29.5 Å². The largest absolute Gasteiger partial charge is 0.394 e. The monoisotopic (exact) mass is 276 g/mol. The molecule has 0 saturated heterocycles. The molecule has 2 rings (SSSR count). The zero-order chi connectivity index (χ0) is 13.7. The van der Waals surface area contributed by atoms with Crippen LogP contribution >= 0.6 is 11.8 Å². The molecule has 0 aromatic heterocycles. The third-order valence-corrected chi connectivity index (χ3v) is 4.36. The highest BCUT2D eigenvalue weighted by atomic mass is 32.2. The molecular weight excluding hydrogens is 260 g/mol. The van der Waals surface area contributed by atoms with Crippen LogP contribution in [0.2, 0.25) is 0 Å². The molecule has 0 unspecified atom stereocenters. The van der Waals surface area contributed by atoms with Crippen molar-refractivity contribution >= 4 is 17.7 Å². The summed E-state index contributed by atoms with van der Waals surface area (Å²) < 4.78 is 0. The average molecular weight is 276 g/mol. The molecule has 100 valence electrons. The fourth-order valence-corrected chi connectivity index (χ4v) is 2.84. The number of rotatable bonds is 5. The molecule has 0 bridgehead atoms. The number of nitriles is 1. The lowest BCUT2D eigenvalue weighted by Gasteiger charge is -2.41. The highest BCUT2D eigenvalue weighted by molar-refractivity contribution is 7.99. The van der Waals surface area contributed by atoms with E-state index in [0.717, 1.165) is 24.2 Å². The van der Waals surface area contributed by atoms with Crippen LogP contribution in [0.1, 0.15) is 29.6 Å². The first kappa shape index (κ1) is 13.9. The van der Waals surface area contributed by atoms with Gasteiger partial charge >= 0.3 is 0 Å². The Morgan fingerprint density at radius 2 is 2.21 bits per heavy atom. The van der Waals surface area contributed by atoms with Crippen LogP contribution < -0.4 is 5.32 Å². The Balaban J connectivity index is 2.12. The lowest BCUT2D eigenvalue weighted by Crippen LogP contribution is -2.56. The van der Waals surface area contributed by atoms with Crippen LogP contribution in [0, 0.1) is 11.3 Å². The maximum atomic E-state index is 12.3. The minimum Gasteiger partial charge on any atom is -0.394 e. The summed E-state index contributed by atoms with van der Waals surface area (Å²) in [6.07, 6.45) is 2.68. The molecule has 2 N–H and O–H groups in total. The first-order valence-corrected chi connectivity index (χ1v) is 7.21. The predicted molar refractivity (Wildman–Crippen MR) is 73.9 cm³/mol. The van der Waals surface area contributed by atoms with Crippen molar-refractivity contribution in [2.45, 2.75) is 29.7 Å². The number of benzene rings is 1. The van der Waals surface area contributed by atoms with Crippen LogP contribution in [0.5, 0.6) is 0 Å². The Morgan fingerprint density at radius 1 is 1.47 bits per heavy atom. The molecule has 1 saturated carbocycles. The number of amides is 1. The first-order chi connectivity index (χ1) is 9.21. The second kappa shape index (κ2) is 6.09. The van der Waals surface area contributed by atoms with E-state index in [-0.39, 0.29) is 12.5 Å². The van der Waals surface area contributed by atoms with Crippen LogP contribution in [-0.4, -0.2) is 28.9 Å². The van der Waals surface area contributed by atoms with Gasteiger partial charge in [-0.25, -0.2) is 0 Å². The zero-order valence-electron chi connectivity index (χ0n) is 10.6. The van der Waals surface area contributed by atoms with E-state index in [1.807, 2.05) is 12.1 Å². The molecule has 0 aliphatic heterocycles. The summed E-state index contributed by atoms with van der Waals surface area (Å²) >= 11 is 1.35. The van der Waals surface area contributed by atoms with Crippen molar-refractivity contribution in [3.63, 3.8) is 0 Å². The minimum atomic E-state index is -0.440. The number of carbonyl (C=O) groups is 1. The maximum absolute atomic E-state index is 12.3. The molecule has 1 amide bonds. The topological polar surface area (TPSA) is 73.1 Å². The first-order valence-electron chi connectivity index (χ1n) is 6.23. The Morgan fingerprint density at radius 3 is 2.79 bits per heavy atom. The van der Waals surface area contributed by atoms with Crippen LogP contribution in [0.25, 0.3) is 0 Å². The van der Waals surface area contributed by atoms with Gasteiger partial charge in [-0.1, -0.05) is 12.1 Å². The molecule has 0 spiro atoms. The van der Waals surface area contributed by atoms with Gasteiger partial charge in [-0.05, 0) is 31.4 Å². The van der Waals surface area contributed by atoms with Crippen molar-refractivity contribution in [1.29, 1.82) is 5.26 Å². The van der Waals surface area contributed by atoms with Gasteiger partial charge in [-0.2, -0.15) is 5.26 Å². The summed E-state index contributed by atoms with van der Waals surface area (Å²) in [5.41, 5.74) is 0.131. The van der Waals surface area contributed by atoms with Gasteiger partial charge in [0.2, 0.25) is 0 Å². The standard InChI is InChI=1S/C14H16N2O2S/c15-8-9-19-12-5-2-1-4-11(12)13(18)16-14(10-17)6-3-7-14/h1-2,4-5,17H,3,6-7,9-10H2,(H,16,18). The molecule has 1 aliphatic carbocycles. The fourth-order valence-electron chi connectivity index (χ4n) is 2.12. The van der Waals surface area contributed by atoms with Crippen molar-refractivity contribution < 1.29 is 9.90 Å². The second-order valence-electron chi connectivity index (χ2n) is 4.69. The van der Waals surface area contributed by atoms with E-state index in [1.54, 1.807) is 12.1 Å². The summed E-state index contributed by atoms with van der Waals surface area (Å²) in [6, 6.07) is 9.29. The zero-order valence-corrected chi connectivity index (χ0v) is 11.4. The minimum absolute atomic E-state index is 0.0216. The predicted octanol–water partition coefficient (Wildman–Crippen LogP) is 1.95. The number of hydrogen-bond donors (Lipinski definition) is 2. The third kappa shape index (κ3) is 3.09. The Labute approximate surface area is 116 Å². The number of nitrogens with one attached hydrogen (secondary N) is 1. The molecule has 0 radical (unpaired) electrons. The van der Waals surface area contributed by atoms with Crippen molar-refractivity contribution in [2.24, 2.45) is 0 Å². The lowest BCUT2D eigenvalue weighted by atomic mass is 9.77. The molecule has 0 atom stereocenters. The van der Waals surface area contributed by atoms with Crippen molar-refractivity contribution in [2.75, 3.05) is 12.4 Å². The summed E-state index contributed by atoms with van der Waals surface area (Å²) in [7, 11) is 0. The van der Waals surface area contributed by atoms with Gasteiger partial charge in [0.1, 0.15) is 0 Å². The van der Waals surface area contributed by atoms with Crippen molar-refractivity contribution in [3.05, 3.63) is 29.8 Å². The smallest absolute Gasteiger partial charge is 0.252 e. The van der Waals surface area contributed by atoms with Gasteiger partial charge < -0.3 is 10.4 Å². The van der Waals surface area contributed by atoms with E-state index in [2.05, 4.69) is 11.4 Å². The highest BCUT2D eigenvalue weighted by Gasteiger charge is 2.38. The molecule has 1 aliphatic rings. The van der Waals surface area contributed by atoms with Crippen LogP contribution in [0.4, 0.5) is 0 Å². The van der Waals surface area contributed by atoms with Gasteiger partial charge in [0.15, 0.2) is 0 Å². The molecule has 19 heavy (non-hydrogen) atoms. The van der Waals surface area contributed by atoms with E-state index in [1.165, 1.54) is 11.8 Å². The number of hydrogen-bond acceptors (Lipinski definition) is 4. The van der Waals surface area contributed by atoms with Crippen LogP contribution in [0.15, 0.2) is 29.2 Å². The fraction of sp³-hybridized carbons (Fsp3) is 0.429. The lowest BCUT2D eigenvalue weighted by molar-refractivity contribution is 0.0639. The molecule has 1 aromatic rings. The SMILES string of the molecule is N#CCSc1ccccc1C(=O)NC1(CO)CCC1. The van der Waals surface area contributed by atoms with Crippen LogP contribution in [0.3, 0.4) is 0 Å². The van der Waals surface area contributed by atoms with E-state index in [9.17, 15) is 9.90 Å². The van der Waals surface area contributed by atoms with E-state index >= 15 is 0 Å². The quantitative estimate of drug-likeness (QED) is 0.806. The number of carbonyl (C=O) groups excluding carboxylic acids is 1. The van der Waals surface area contributed by atoms with E-state index < -0.39 is 5.54 Å². The molecule has 4 nitrogen and oxygen atoms in total. The number of aliphatic hydroxyl groups excluding tert-OH is 1. The van der Waals surface area contributed by atoms with E-state index in [0.29, 0.717) is 11.3 Å².